The van der Waals surface area contributed by atoms with E-state index in [4.69, 9.17) is 11.6 Å². The number of hydrogen-bond acceptors (Lipinski definition) is 4. The second-order valence-corrected chi connectivity index (χ2v) is 7.66. The smallest absolute Gasteiger partial charge is 0.237 e. The molecule has 3 rings (SSSR count). The van der Waals surface area contributed by atoms with Crippen LogP contribution in [0.3, 0.4) is 0 Å². The molecule has 0 aliphatic carbocycles. The fourth-order valence-corrected chi connectivity index (χ4v) is 3.61. The summed E-state index contributed by atoms with van der Waals surface area (Å²) in [7, 11) is 0. The number of thioether (sulfide) groups is 1. The number of rotatable bonds is 6. The Balaban J connectivity index is 1.75. The zero-order chi connectivity index (χ0) is 19.4. The topological polar surface area (TPSA) is 64.0 Å². The number of nitrogens with zero attached hydrogens (tertiary/aromatic N) is 2. The SMILES string of the molecule is CC(=O)c1ccccc1NC(=O)C(C)Sc1nccn1-c1cccc(Cl)c1. The van der Waals surface area contributed by atoms with E-state index in [9.17, 15) is 9.59 Å². The fourth-order valence-electron chi connectivity index (χ4n) is 2.54. The van der Waals surface area contributed by atoms with Gasteiger partial charge in [-0.3, -0.25) is 14.2 Å². The van der Waals surface area contributed by atoms with Crippen molar-refractivity contribution in [3.05, 3.63) is 71.5 Å². The summed E-state index contributed by atoms with van der Waals surface area (Å²) >= 11 is 7.40. The van der Waals surface area contributed by atoms with Gasteiger partial charge in [-0.15, -0.1) is 0 Å². The number of aromatic nitrogens is 2. The van der Waals surface area contributed by atoms with Crippen LogP contribution < -0.4 is 5.32 Å². The highest BCUT2D eigenvalue weighted by Crippen LogP contribution is 2.27. The van der Waals surface area contributed by atoms with Crippen molar-refractivity contribution in [2.45, 2.75) is 24.3 Å². The van der Waals surface area contributed by atoms with E-state index in [1.54, 1.807) is 43.5 Å². The Hall–Kier alpha value is -2.57. The molecular formula is C20H18ClN3O2S. The Morgan fingerprint density at radius 2 is 1.96 bits per heavy atom. The van der Waals surface area contributed by atoms with Gasteiger partial charge in [0, 0.05) is 28.7 Å². The number of carbonyl (C=O) groups is 2. The molecule has 3 aromatic rings. The van der Waals surface area contributed by atoms with Crippen LogP contribution in [0.2, 0.25) is 5.02 Å². The summed E-state index contributed by atoms with van der Waals surface area (Å²) < 4.78 is 1.88. The Bertz CT molecular complexity index is 987. The lowest BCUT2D eigenvalue weighted by Crippen LogP contribution is -2.23. The Morgan fingerprint density at radius 1 is 1.19 bits per heavy atom. The van der Waals surface area contributed by atoms with Crippen molar-refractivity contribution in [2.24, 2.45) is 0 Å². The highest BCUT2D eigenvalue weighted by atomic mass is 35.5. The van der Waals surface area contributed by atoms with Crippen LogP contribution in [0.4, 0.5) is 5.69 Å². The Labute approximate surface area is 166 Å². The van der Waals surface area contributed by atoms with Gasteiger partial charge in [0.25, 0.3) is 0 Å². The monoisotopic (exact) mass is 399 g/mol. The molecule has 0 fully saturated rings. The van der Waals surface area contributed by atoms with E-state index in [-0.39, 0.29) is 11.7 Å². The van der Waals surface area contributed by atoms with Crippen molar-refractivity contribution in [1.29, 1.82) is 0 Å². The lowest BCUT2D eigenvalue weighted by atomic mass is 10.1. The number of anilines is 1. The zero-order valence-electron chi connectivity index (χ0n) is 14.8. The number of hydrogen-bond donors (Lipinski definition) is 1. The minimum absolute atomic E-state index is 0.0947. The number of Topliss-reactive ketones (excluding diaryl/α,β-unsaturated/α-hetero) is 1. The van der Waals surface area contributed by atoms with E-state index in [0.717, 1.165) is 5.69 Å². The lowest BCUT2D eigenvalue weighted by molar-refractivity contribution is -0.115. The molecule has 1 N–H and O–H groups in total. The van der Waals surface area contributed by atoms with Crippen molar-refractivity contribution in [1.82, 2.24) is 9.55 Å². The molecule has 1 unspecified atom stereocenters. The third kappa shape index (κ3) is 4.59. The first kappa shape index (κ1) is 19.2. The van der Waals surface area contributed by atoms with Gasteiger partial charge in [-0.2, -0.15) is 0 Å². The lowest BCUT2D eigenvalue weighted by Gasteiger charge is -2.14. The van der Waals surface area contributed by atoms with Gasteiger partial charge in [0.1, 0.15) is 0 Å². The molecule has 138 valence electrons. The molecule has 0 spiro atoms. The summed E-state index contributed by atoms with van der Waals surface area (Å²) in [6, 6.07) is 14.4. The van der Waals surface area contributed by atoms with Crippen molar-refractivity contribution in [3.63, 3.8) is 0 Å². The molecule has 1 atom stereocenters. The molecule has 0 radical (unpaired) electrons. The quantitative estimate of drug-likeness (QED) is 0.475. The van der Waals surface area contributed by atoms with Crippen molar-refractivity contribution in [2.75, 3.05) is 5.32 Å². The van der Waals surface area contributed by atoms with Crippen molar-refractivity contribution in [3.8, 4) is 5.69 Å². The molecule has 1 aromatic heterocycles. The molecule has 0 saturated heterocycles. The van der Waals surface area contributed by atoms with Crippen LogP contribution in [0.25, 0.3) is 5.69 Å². The van der Waals surface area contributed by atoms with E-state index in [1.807, 2.05) is 29.0 Å². The fraction of sp³-hybridized carbons (Fsp3) is 0.150. The highest BCUT2D eigenvalue weighted by Gasteiger charge is 2.19. The number of benzene rings is 2. The van der Waals surface area contributed by atoms with E-state index in [0.29, 0.717) is 21.4 Å². The summed E-state index contributed by atoms with van der Waals surface area (Å²) in [5, 5.41) is 3.73. The third-order valence-corrected chi connectivity index (χ3v) is 5.22. The van der Waals surface area contributed by atoms with Crippen LogP contribution in [0.1, 0.15) is 24.2 Å². The Morgan fingerprint density at radius 3 is 2.70 bits per heavy atom. The molecule has 0 bridgehead atoms. The van der Waals surface area contributed by atoms with Gasteiger partial charge in [-0.05, 0) is 44.2 Å². The number of amides is 1. The third-order valence-electron chi connectivity index (χ3n) is 3.91. The first-order chi connectivity index (χ1) is 13.0. The predicted molar refractivity (Wildman–Crippen MR) is 109 cm³/mol. The number of imidazole rings is 1. The summed E-state index contributed by atoms with van der Waals surface area (Å²) in [5.74, 6) is -0.294. The Kier molecular flexibility index (Phi) is 5.98. The summed E-state index contributed by atoms with van der Waals surface area (Å²) in [6.07, 6.45) is 3.50. The standard InChI is InChI=1S/C20H18ClN3O2S/c1-13(25)17-8-3-4-9-18(17)23-19(26)14(2)27-20-22-10-11-24(20)16-7-5-6-15(21)12-16/h3-12,14H,1-2H3,(H,23,26). The van der Waals surface area contributed by atoms with Crippen molar-refractivity contribution >= 4 is 40.7 Å². The van der Waals surface area contributed by atoms with E-state index in [1.165, 1.54) is 18.7 Å². The van der Waals surface area contributed by atoms with Gasteiger partial charge < -0.3 is 5.32 Å². The average Bonchev–Trinajstić information content (AvgIpc) is 3.10. The van der Waals surface area contributed by atoms with Gasteiger partial charge in [-0.1, -0.05) is 41.6 Å². The maximum absolute atomic E-state index is 12.6. The highest BCUT2D eigenvalue weighted by molar-refractivity contribution is 8.00. The summed E-state index contributed by atoms with van der Waals surface area (Å²) in [6.45, 7) is 3.28. The van der Waals surface area contributed by atoms with Crippen LogP contribution in [-0.4, -0.2) is 26.5 Å². The van der Waals surface area contributed by atoms with Gasteiger partial charge in [-0.25, -0.2) is 4.98 Å². The van der Waals surface area contributed by atoms with Crippen LogP contribution >= 0.6 is 23.4 Å². The summed E-state index contributed by atoms with van der Waals surface area (Å²) in [5.41, 5.74) is 1.88. The number of ketones is 1. The summed E-state index contributed by atoms with van der Waals surface area (Å²) in [4.78, 5) is 28.7. The molecule has 0 saturated carbocycles. The molecule has 1 amide bonds. The maximum atomic E-state index is 12.6. The van der Waals surface area contributed by atoms with E-state index < -0.39 is 5.25 Å². The van der Waals surface area contributed by atoms with Gasteiger partial charge in [0.05, 0.1) is 10.9 Å². The molecule has 0 aliphatic rings. The first-order valence-corrected chi connectivity index (χ1v) is 9.58. The minimum atomic E-state index is -0.412. The van der Waals surface area contributed by atoms with E-state index in [2.05, 4.69) is 10.3 Å². The van der Waals surface area contributed by atoms with Crippen LogP contribution in [0.15, 0.2) is 66.1 Å². The van der Waals surface area contributed by atoms with Crippen molar-refractivity contribution < 1.29 is 9.59 Å². The largest absolute Gasteiger partial charge is 0.324 e. The predicted octanol–water partition coefficient (Wildman–Crippen LogP) is 4.85. The van der Waals surface area contributed by atoms with Crippen LogP contribution in [-0.2, 0) is 4.79 Å². The van der Waals surface area contributed by atoms with Crippen LogP contribution in [0.5, 0.6) is 0 Å². The minimum Gasteiger partial charge on any atom is -0.324 e. The molecule has 1 heterocycles. The number of halogens is 1. The zero-order valence-corrected chi connectivity index (χ0v) is 16.4. The number of para-hydroxylation sites is 1. The molecule has 2 aromatic carbocycles. The molecular weight excluding hydrogens is 382 g/mol. The van der Waals surface area contributed by atoms with Gasteiger partial charge in [0.15, 0.2) is 10.9 Å². The number of carbonyl (C=O) groups excluding carboxylic acids is 2. The number of nitrogens with one attached hydrogen (secondary N) is 1. The average molecular weight is 400 g/mol. The van der Waals surface area contributed by atoms with Gasteiger partial charge in [0.2, 0.25) is 5.91 Å². The second-order valence-electron chi connectivity index (χ2n) is 5.91. The molecule has 0 aliphatic heterocycles. The normalized spacial score (nSPS) is 11.8. The van der Waals surface area contributed by atoms with Gasteiger partial charge >= 0.3 is 0 Å². The van der Waals surface area contributed by atoms with Crippen LogP contribution in [0, 0.1) is 0 Å². The molecule has 7 heteroatoms. The molecule has 5 nitrogen and oxygen atoms in total. The van der Waals surface area contributed by atoms with E-state index >= 15 is 0 Å². The second kappa shape index (κ2) is 8.41. The molecule has 27 heavy (non-hydrogen) atoms. The first-order valence-electron chi connectivity index (χ1n) is 8.32. The maximum Gasteiger partial charge on any atom is 0.237 e.